The minimum Gasteiger partial charge on any atom is -0.356 e. The number of para-hydroxylation sites is 1. The zero-order valence-electron chi connectivity index (χ0n) is 16.0. The lowest BCUT2D eigenvalue weighted by molar-refractivity contribution is 0.0953. The standard InChI is InChI=1S/C22H24N4O2/c1-25-14-18(21(27)23-13-12-16-8-4-2-5-9-16)20-19(15-25)22(28)26(24-20)17-10-6-3-7-11-17/h3,6-8,10-11,14-15H,2,4-5,9,12-13H2,1H3,(H,23,27). The molecule has 0 spiro atoms. The number of hydrogen-bond donors (Lipinski definition) is 1. The molecule has 4 rings (SSSR count). The molecular weight excluding hydrogens is 352 g/mol. The van der Waals surface area contributed by atoms with Crippen molar-refractivity contribution in [2.24, 2.45) is 7.05 Å². The third-order valence-electron chi connectivity index (χ3n) is 5.16. The molecule has 6 heteroatoms. The first-order valence-corrected chi connectivity index (χ1v) is 9.74. The molecule has 0 unspecified atom stereocenters. The summed E-state index contributed by atoms with van der Waals surface area (Å²) in [6, 6.07) is 9.25. The number of carbonyl (C=O) groups is 1. The number of nitrogens with one attached hydrogen (secondary N) is 1. The van der Waals surface area contributed by atoms with Gasteiger partial charge < -0.3 is 9.88 Å². The molecule has 3 aliphatic rings. The number of fused-ring (bicyclic) bond motifs is 1. The fraction of sp³-hybridized carbons (Fsp3) is 0.318. The number of pyridine rings is 1. The molecule has 2 heterocycles. The maximum atomic E-state index is 12.8. The van der Waals surface area contributed by atoms with Gasteiger partial charge in [-0.1, -0.05) is 29.8 Å². The van der Waals surface area contributed by atoms with Crippen LogP contribution < -0.4 is 10.9 Å². The third kappa shape index (κ3) is 3.63. The summed E-state index contributed by atoms with van der Waals surface area (Å²) in [5.74, 6) is -0.199. The molecule has 0 atom stereocenters. The number of carbonyl (C=O) groups excluding carboxylic acids is 1. The van der Waals surface area contributed by atoms with E-state index >= 15 is 0 Å². The van der Waals surface area contributed by atoms with Gasteiger partial charge >= 0.3 is 0 Å². The van der Waals surface area contributed by atoms with Crippen LogP contribution in [0.25, 0.3) is 16.9 Å². The number of hydrogen-bond acceptors (Lipinski definition) is 3. The largest absolute Gasteiger partial charge is 0.356 e. The molecule has 0 saturated heterocycles. The zero-order valence-corrected chi connectivity index (χ0v) is 16.0. The summed E-state index contributed by atoms with van der Waals surface area (Å²) < 4.78 is 3.09. The predicted molar refractivity (Wildman–Crippen MR) is 109 cm³/mol. The van der Waals surface area contributed by atoms with E-state index in [1.54, 1.807) is 17.0 Å². The number of aromatic nitrogens is 3. The Hall–Kier alpha value is -3.15. The molecule has 0 saturated carbocycles. The number of amides is 1. The number of allylic oxidation sites excluding steroid dienone is 1. The van der Waals surface area contributed by atoms with E-state index in [-0.39, 0.29) is 11.5 Å². The van der Waals surface area contributed by atoms with Crippen LogP contribution in [0.5, 0.6) is 0 Å². The zero-order chi connectivity index (χ0) is 19.5. The molecule has 1 aromatic rings. The van der Waals surface area contributed by atoms with Gasteiger partial charge in [0, 0.05) is 26.0 Å². The highest BCUT2D eigenvalue weighted by Gasteiger charge is 2.23. The van der Waals surface area contributed by atoms with Crippen molar-refractivity contribution < 1.29 is 4.79 Å². The van der Waals surface area contributed by atoms with E-state index in [9.17, 15) is 9.59 Å². The molecule has 144 valence electrons. The lowest BCUT2D eigenvalue weighted by atomic mass is 9.97. The quantitative estimate of drug-likeness (QED) is 0.695. The second kappa shape index (κ2) is 7.84. The molecular formula is C22H24N4O2. The molecule has 2 aliphatic heterocycles. The van der Waals surface area contributed by atoms with Gasteiger partial charge in [0.25, 0.3) is 11.5 Å². The molecule has 6 nitrogen and oxygen atoms in total. The van der Waals surface area contributed by atoms with Crippen LogP contribution >= 0.6 is 0 Å². The van der Waals surface area contributed by atoms with Crippen LogP contribution in [0.1, 0.15) is 42.5 Å². The second-order valence-electron chi connectivity index (χ2n) is 7.27. The van der Waals surface area contributed by atoms with Crippen molar-refractivity contribution in [2.45, 2.75) is 32.1 Å². The first-order chi connectivity index (χ1) is 13.6. The Bertz CT molecular complexity index is 1050. The van der Waals surface area contributed by atoms with E-state index in [1.165, 1.54) is 23.1 Å². The van der Waals surface area contributed by atoms with Gasteiger partial charge in [-0.2, -0.15) is 9.78 Å². The predicted octanol–water partition coefficient (Wildman–Crippen LogP) is 3.30. The molecule has 0 fully saturated rings. The van der Waals surface area contributed by atoms with Gasteiger partial charge in [0.1, 0.15) is 5.69 Å². The SMILES string of the molecule is Cn1cc(C(=O)NCCC2=CCCCC2)c2nn(-c3ccccc3)c(=O)c-2c1. The Morgan fingerprint density at radius 2 is 2.00 bits per heavy atom. The maximum Gasteiger partial charge on any atom is 0.282 e. The Morgan fingerprint density at radius 1 is 1.18 bits per heavy atom. The number of aryl methyl sites for hydroxylation is 1. The Kier molecular flexibility index (Phi) is 5.10. The van der Waals surface area contributed by atoms with Crippen molar-refractivity contribution in [1.29, 1.82) is 0 Å². The van der Waals surface area contributed by atoms with Crippen molar-refractivity contribution in [3.63, 3.8) is 0 Å². The summed E-state index contributed by atoms with van der Waals surface area (Å²) in [5.41, 5.74) is 3.17. The molecule has 0 bridgehead atoms. The van der Waals surface area contributed by atoms with Gasteiger partial charge in [0.05, 0.1) is 16.8 Å². The highest BCUT2D eigenvalue weighted by Crippen LogP contribution is 2.22. The first kappa shape index (κ1) is 18.2. The minimum atomic E-state index is -0.223. The molecule has 1 N–H and O–H groups in total. The van der Waals surface area contributed by atoms with Crippen LogP contribution in [0.15, 0.2) is 59.2 Å². The lowest BCUT2D eigenvalue weighted by Crippen LogP contribution is -2.26. The van der Waals surface area contributed by atoms with Gasteiger partial charge in [-0.3, -0.25) is 9.59 Å². The monoisotopic (exact) mass is 376 g/mol. The highest BCUT2D eigenvalue weighted by molar-refractivity contribution is 5.99. The minimum absolute atomic E-state index is 0.199. The molecule has 1 amide bonds. The lowest BCUT2D eigenvalue weighted by Gasteiger charge is -2.13. The summed E-state index contributed by atoms with van der Waals surface area (Å²) in [5, 5.41) is 7.45. The normalized spacial score (nSPS) is 14.1. The van der Waals surface area contributed by atoms with E-state index in [0.29, 0.717) is 29.1 Å². The van der Waals surface area contributed by atoms with Crippen molar-refractivity contribution in [2.75, 3.05) is 6.54 Å². The molecule has 1 aromatic carbocycles. The van der Waals surface area contributed by atoms with Gasteiger partial charge in [0.2, 0.25) is 0 Å². The van der Waals surface area contributed by atoms with Crippen LogP contribution in [0, 0.1) is 0 Å². The fourth-order valence-electron chi connectivity index (χ4n) is 3.71. The van der Waals surface area contributed by atoms with Crippen LogP contribution in [0.3, 0.4) is 0 Å². The smallest absolute Gasteiger partial charge is 0.282 e. The number of rotatable bonds is 5. The molecule has 28 heavy (non-hydrogen) atoms. The molecule has 0 radical (unpaired) electrons. The Labute approximate surface area is 163 Å². The van der Waals surface area contributed by atoms with Gasteiger partial charge in [0.15, 0.2) is 0 Å². The summed E-state index contributed by atoms with van der Waals surface area (Å²) in [6.07, 6.45) is 11.4. The van der Waals surface area contributed by atoms with E-state index in [1.807, 2.05) is 37.4 Å². The van der Waals surface area contributed by atoms with Crippen LogP contribution in [0.4, 0.5) is 0 Å². The topological polar surface area (TPSA) is 68.9 Å². The van der Waals surface area contributed by atoms with E-state index in [2.05, 4.69) is 16.5 Å². The second-order valence-corrected chi connectivity index (χ2v) is 7.27. The van der Waals surface area contributed by atoms with Gasteiger partial charge in [-0.25, -0.2) is 0 Å². The number of benzene rings is 1. The third-order valence-corrected chi connectivity index (χ3v) is 5.16. The summed E-state index contributed by atoms with van der Waals surface area (Å²) in [4.78, 5) is 25.6. The first-order valence-electron chi connectivity index (χ1n) is 9.74. The van der Waals surface area contributed by atoms with Crippen LogP contribution in [-0.4, -0.2) is 26.8 Å². The average molecular weight is 376 g/mol. The van der Waals surface area contributed by atoms with E-state index < -0.39 is 0 Å². The molecule has 0 aromatic heterocycles. The maximum absolute atomic E-state index is 12.8. The van der Waals surface area contributed by atoms with E-state index in [0.717, 1.165) is 19.3 Å². The fourth-order valence-corrected chi connectivity index (χ4v) is 3.71. The Balaban J connectivity index is 1.60. The van der Waals surface area contributed by atoms with Gasteiger partial charge in [-0.15, -0.1) is 0 Å². The van der Waals surface area contributed by atoms with Crippen molar-refractivity contribution >= 4 is 5.91 Å². The average Bonchev–Trinajstić information content (AvgIpc) is 3.05. The Morgan fingerprint density at radius 3 is 2.75 bits per heavy atom. The number of nitrogens with zero attached hydrogens (tertiary/aromatic N) is 3. The van der Waals surface area contributed by atoms with Gasteiger partial charge in [-0.05, 0) is 44.2 Å². The van der Waals surface area contributed by atoms with Crippen molar-refractivity contribution in [3.05, 3.63) is 70.3 Å². The summed E-state index contributed by atoms with van der Waals surface area (Å²) in [7, 11) is 1.81. The summed E-state index contributed by atoms with van der Waals surface area (Å²) >= 11 is 0. The van der Waals surface area contributed by atoms with Crippen LogP contribution in [-0.2, 0) is 7.05 Å². The molecule has 1 aliphatic carbocycles. The van der Waals surface area contributed by atoms with Crippen LogP contribution in [0.2, 0.25) is 0 Å². The summed E-state index contributed by atoms with van der Waals surface area (Å²) in [6.45, 7) is 0.592. The highest BCUT2D eigenvalue weighted by atomic mass is 16.2. The van der Waals surface area contributed by atoms with Crippen molar-refractivity contribution in [1.82, 2.24) is 19.7 Å². The van der Waals surface area contributed by atoms with E-state index in [4.69, 9.17) is 0 Å². The van der Waals surface area contributed by atoms with Crippen molar-refractivity contribution in [3.8, 4) is 16.9 Å².